The molecule has 0 unspecified atom stereocenters. The number of carbonyl (C=O) groups is 1. The highest BCUT2D eigenvalue weighted by Crippen LogP contribution is 2.36. The normalized spacial score (nSPS) is 11.6. The van der Waals surface area contributed by atoms with Gasteiger partial charge in [-0.1, -0.05) is 47.5 Å². The van der Waals surface area contributed by atoms with Crippen LogP contribution in [0.5, 0.6) is 11.5 Å². The van der Waals surface area contributed by atoms with E-state index >= 15 is 0 Å². The highest BCUT2D eigenvalue weighted by molar-refractivity contribution is 7.92. The first kappa shape index (κ1) is 28.0. The summed E-state index contributed by atoms with van der Waals surface area (Å²) < 4.78 is 74.3. The molecule has 0 aliphatic rings. The van der Waals surface area contributed by atoms with Crippen LogP contribution in [-0.2, 0) is 21.0 Å². The molecule has 11 heteroatoms. The molecule has 0 radical (unpaired) electrons. The maximum Gasteiger partial charge on any atom is 0.418 e. The maximum atomic E-state index is 13.6. The lowest BCUT2D eigenvalue weighted by Gasteiger charge is -2.25. The predicted molar refractivity (Wildman–Crippen MR) is 144 cm³/mol. The number of carbonyl (C=O) groups excluding carboxylic acids is 1. The molecule has 0 aliphatic heterocycles. The van der Waals surface area contributed by atoms with Gasteiger partial charge in [0.15, 0.2) is 0 Å². The number of para-hydroxylation sites is 1. The number of rotatable bonds is 8. The van der Waals surface area contributed by atoms with Crippen LogP contribution in [0.25, 0.3) is 0 Å². The molecule has 4 rings (SSSR count). The first-order chi connectivity index (χ1) is 18.4. The smallest absolute Gasteiger partial charge is 0.418 e. The number of halogens is 4. The predicted octanol–water partition coefficient (Wildman–Crippen LogP) is 7.29. The van der Waals surface area contributed by atoms with Crippen molar-refractivity contribution in [3.05, 3.63) is 113 Å². The van der Waals surface area contributed by atoms with Crippen molar-refractivity contribution in [2.45, 2.75) is 18.0 Å². The summed E-state index contributed by atoms with van der Waals surface area (Å²) in [6.45, 7) is 0.993. The summed E-state index contributed by atoms with van der Waals surface area (Å²) in [5, 5.41) is 2.01. The molecule has 0 aromatic heterocycles. The van der Waals surface area contributed by atoms with Crippen molar-refractivity contribution in [1.82, 2.24) is 0 Å². The molecule has 1 amide bonds. The third-order valence-electron chi connectivity index (χ3n) is 5.56. The van der Waals surface area contributed by atoms with Gasteiger partial charge in [-0.15, -0.1) is 0 Å². The van der Waals surface area contributed by atoms with Crippen molar-refractivity contribution in [2.75, 3.05) is 16.2 Å². The second-order valence-corrected chi connectivity index (χ2v) is 10.8. The van der Waals surface area contributed by atoms with E-state index in [9.17, 15) is 26.4 Å². The van der Waals surface area contributed by atoms with E-state index in [4.69, 9.17) is 16.3 Å². The average molecular weight is 575 g/mol. The molecule has 0 bridgehead atoms. The minimum atomic E-state index is -4.80. The molecule has 0 heterocycles. The molecule has 0 spiro atoms. The molecular formula is C28H22ClF3N2O4S. The van der Waals surface area contributed by atoms with Gasteiger partial charge in [-0.3, -0.25) is 9.10 Å². The van der Waals surface area contributed by atoms with Gasteiger partial charge in [0.2, 0.25) is 5.91 Å². The highest BCUT2D eigenvalue weighted by atomic mass is 35.5. The average Bonchev–Trinajstić information content (AvgIpc) is 2.89. The lowest BCUT2D eigenvalue weighted by atomic mass is 10.1. The van der Waals surface area contributed by atoms with E-state index < -0.39 is 39.9 Å². The van der Waals surface area contributed by atoms with Gasteiger partial charge in [0.1, 0.15) is 18.0 Å². The molecule has 4 aromatic rings. The molecule has 0 aliphatic carbocycles. The van der Waals surface area contributed by atoms with Crippen molar-refractivity contribution in [1.29, 1.82) is 0 Å². The third kappa shape index (κ3) is 6.90. The number of hydrogen-bond acceptors (Lipinski definition) is 4. The Hall–Kier alpha value is -4.02. The Morgan fingerprint density at radius 2 is 1.51 bits per heavy atom. The van der Waals surface area contributed by atoms with Gasteiger partial charge in [0.05, 0.1) is 21.8 Å². The summed E-state index contributed by atoms with van der Waals surface area (Å²) in [5.41, 5.74) is -0.767. The van der Waals surface area contributed by atoms with Crippen LogP contribution in [0.1, 0.15) is 11.1 Å². The number of nitrogens with one attached hydrogen (secondary N) is 1. The maximum absolute atomic E-state index is 13.6. The number of nitrogens with zero attached hydrogens (tertiary/aromatic N) is 1. The highest BCUT2D eigenvalue weighted by Gasteiger charge is 2.35. The van der Waals surface area contributed by atoms with Crippen molar-refractivity contribution in [3.63, 3.8) is 0 Å². The van der Waals surface area contributed by atoms with Gasteiger partial charge in [-0.2, -0.15) is 13.2 Å². The number of amides is 1. The monoisotopic (exact) mass is 574 g/mol. The van der Waals surface area contributed by atoms with Crippen LogP contribution in [-0.4, -0.2) is 20.9 Å². The van der Waals surface area contributed by atoms with Crippen LogP contribution in [0, 0.1) is 6.92 Å². The van der Waals surface area contributed by atoms with E-state index in [0.717, 1.165) is 15.9 Å². The van der Waals surface area contributed by atoms with E-state index in [-0.39, 0.29) is 15.6 Å². The molecule has 0 saturated carbocycles. The Balaban J connectivity index is 1.66. The summed E-state index contributed by atoms with van der Waals surface area (Å²) in [6, 6.07) is 23.7. The Morgan fingerprint density at radius 1 is 0.897 bits per heavy atom. The Bertz CT molecular complexity index is 1560. The number of sulfonamides is 1. The Morgan fingerprint density at radius 3 is 2.13 bits per heavy atom. The van der Waals surface area contributed by atoms with E-state index in [1.165, 1.54) is 42.5 Å². The Kier molecular flexibility index (Phi) is 8.17. The van der Waals surface area contributed by atoms with E-state index in [1.807, 2.05) is 6.07 Å². The van der Waals surface area contributed by atoms with Gasteiger partial charge in [0, 0.05) is 5.02 Å². The molecule has 0 atom stereocenters. The Labute approximate surface area is 228 Å². The lowest BCUT2D eigenvalue weighted by molar-refractivity contribution is -0.137. The molecule has 1 N–H and O–H groups in total. The van der Waals surface area contributed by atoms with Crippen molar-refractivity contribution >= 4 is 38.9 Å². The summed E-state index contributed by atoms with van der Waals surface area (Å²) >= 11 is 5.72. The van der Waals surface area contributed by atoms with Crippen LogP contribution in [0.4, 0.5) is 24.5 Å². The van der Waals surface area contributed by atoms with Crippen LogP contribution >= 0.6 is 11.6 Å². The fraction of sp³-hybridized carbons (Fsp3) is 0.107. The zero-order valence-electron chi connectivity index (χ0n) is 20.4. The fourth-order valence-corrected chi connectivity index (χ4v) is 5.23. The molecule has 39 heavy (non-hydrogen) atoms. The zero-order chi connectivity index (χ0) is 28.2. The van der Waals surface area contributed by atoms with Gasteiger partial charge in [0.25, 0.3) is 10.0 Å². The minimum Gasteiger partial charge on any atom is -0.457 e. The summed E-state index contributed by atoms with van der Waals surface area (Å²) in [4.78, 5) is 12.9. The number of alkyl halides is 3. The molecule has 0 fully saturated rings. The second-order valence-electron chi connectivity index (χ2n) is 8.47. The first-order valence-electron chi connectivity index (χ1n) is 11.5. The first-order valence-corrected chi connectivity index (χ1v) is 13.3. The number of ether oxygens (including phenoxy) is 1. The zero-order valence-corrected chi connectivity index (χ0v) is 22.0. The van der Waals surface area contributed by atoms with Crippen LogP contribution in [0.3, 0.4) is 0 Å². The van der Waals surface area contributed by atoms with Crippen molar-refractivity contribution in [3.8, 4) is 11.5 Å². The van der Waals surface area contributed by atoms with Crippen molar-refractivity contribution < 1.29 is 31.1 Å². The van der Waals surface area contributed by atoms with Gasteiger partial charge in [-0.05, 0) is 73.7 Å². The minimum absolute atomic E-state index is 0.0898. The van der Waals surface area contributed by atoms with Gasteiger partial charge >= 0.3 is 6.18 Å². The summed E-state index contributed by atoms with van der Waals surface area (Å²) in [6.07, 6.45) is -4.80. The SMILES string of the molecule is Cc1ccc(S(=O)(=O)N(CC(=O)Nc2ccc(Cl)cc2C(F)(F)F)c2ccc(Oc3ccccc3)cc2)cc1. The number of anilines is 2. The molecule has 202 valence electrons. The number of aryl methyl sites for hydroxylation is 1. The number of benzene rings is 4. The quantitative estimate of drug-likeness (QED) is 0.240. The van der Waals surface area contributed by atoms with Crippen molar-refractivity contribution in [2.24, 2.45) is 0 Å². The van der Waals surface area contributed by atoms with Crippen LogP contribution in [0.2, 0.25) is 5.02 Å². The standard InChI is InChI=1S/C28H22ClF3N2O4S/c1-19-7-14-24(15-8-19)39(36,37)34(21-10-12-23(13-11-21)38-22-5-3-2-4-6-22)18-27(35)33-26-16-9-20(29)17-25(26)28(30,31)32/h2-17H,18H2,1H3,(H,33,35). The lowest BCUT2D eigenvalue weighted by Crippen LogP contribution is -2.38. The van der Waals surface area contributed by atoms with E-state index in [0.29, 0.717) is 17.6 Å². The van der Waals surface area contributed by atoms with Crippen LogP contribution in [0.15, 0.2) is 102 Å². The molecule has 0 saturated heterocycles. The van der Waals surface area contributed by atoms with Gasteiger partial charge in [-0.25, -0.2) is 8.42 Å². The second kappa shape index (κ2) is 11.4. The summed E-state index contributed by atoms with van der Waals surface area (Å²) in [5.74, 6) is -0.00150. The molecule has 6 nitrogen and oxygen atoms in total. The third-order valence-corrected chi connectivity index (χ3v) is 7.58. The summed E-state index contributed by atoms with van der Waals surface area (Å²) in [7, 11) is -4.29. The van der Waals surface area contributed by atoms with Gasteiger partial charge < -0.3 is 10.1 Å². The topological polar surface area (TPSA) is 75.7 Å². The molecule has 4 aromatic carbocycles. The number of hydrogen-bond donors (Lipinski definition) is 1. The fourth-order valence-electron chi connectivity index (χ4n) is 3.64. The van der Waals surface area contributed by atoms with Crippen LogP contribution < -0.4 is 14.4 Å². The largest absolute Gasteiger partial charge is 0.457 e. The molecular weight excluding hydrogens is 553 g/mol. The van der Waals surface area contributed by atoms with E-state index in [1.54, 1.807) is 43.3 Å². The van der Waals surface area contributed by atoms with E-state index in [2.05, 4.69) is 5.32 Å².